The Bertz CT molecular complexity index is 525. The third-order valence-electron chi connectivity index (χ3n) is 4.10. The SMILES string of the molecule is CCc1ccc(C(C)CC(C)c2ccc(F)cc2)cc1. The molecule has 0 saturated heterocycles. The molecule has 0 saturated carbocycles. The number of hydrogen-bond donors (Lipinski definition) is 0. The molecule has 2 aromatic rings. The summed E-state index contributed by atoms with van der Waals surface area (Å²) in [4.78, 5) is 0. The van der Waals surface area contributed by atoms with Crippen LogP contribution in [-0.4, -0.2) is 0 Å². The lowest BCUT2D eigenvalue weighted by atomic mass is 9.87. The molecule has 0 N–H and O–H groups in total. The van der Waals surface area contributed by atoms with Crippen molar-refractivity contribution in [3.05, 3.63) is 71.0 Å². The molecule has 0 bridgehead atoms. The second kappa shape index (κ2) is 6.69. The smallest absolute Gasteiger partial charge is 0.123 e. The quantitative estimate of drug-likeness (QED) is 0.655. The van der Waals surface area contributed by atoms with E-state index in [1.807, 2.05) is 12.1 Å². The van der Waals surface area contributed by atoms with Crippen LogP contribution in [0.25, 0.3) is 0 Å². The molecular weight excluding hydrogens is 247 g/mol. The molecule has 2 rings (SSSR count). The van der Waals surface area contributed by atoms with Crippen molar-refractivity contribution in [1.29, 1.82) is 0 Å². The minimum Gasteiger partial charge on any atom is -0.207 e. The van der Waals surface area contributed by atoms with Crippen LogP contribution in [0.4, 0.5) is 4.39 Å². The maximum atomic E-state index is 12.9. The molecule has 0 amide bonds. The van der Waals surface area contributed by atoms with Gasteiger partial charge in [0, 0.05) is 0 Å². The van der Waals surface area contributed by atoms with E-state index in [2.05, 4.69) is 45.0 Å². The molecule has 0 aromatic heterocycles. The van der Waals surface area contributed by atoms with E-state index >= 15 is 0 Å². The van der Waals surface area contributed by atoms with Crippen LogP contribution < -0.4 is 0 Å². The van der Waals surface area contributed by atoms with Crippen molar-refractivity contribution in [3.8, 4) is 0 Å². The Morgan fingerprint density at radius 2 is 1.25 bits per heavy atom. The molecule has 0 fully saturated rings. The van der Waals surface area contributed by atoms with E-state index in [9.17, 15) is 4.39 Å². The standard InChI is InChI=1S/C19H23F/c1-4-16-5-7-17(8-6-16)14(2)13-15(3)18-9-11-19(20)12-10-18/h5-12,14-15H,4,13H2,1-3H3. The normalized spacial score (nSPS) is 14.0. The summed E-state index contributed by atoms with van der Waals surface area (Å²) in [5.41, 5.74) is 3.98. The zero-order chi connectivity index (χ0) is 14.5. The van der Waals surface area contributed by atoms with Crippen molar-refractivity contribution in [1.82, 2.24) is 0 Å². The molecule has 2 unspecified atom stereocenters. The van der Waals surface area contributed by atoms with Gasteiger partial charge in [0.05, 0.1) is 0 Å². The Kier molecular flexibility index (Phi) is 4.94. The van der Waals surface area contributed by atoms with E-state index in [4.69, 9.17) is 0 Å². The van der Waals surface area contributed by atoms with Crippen LogP contribution in [0.15, 0.2) is 48.5 Å². The number of hydrogen-bond acceptors (Lipinski definition) is 0. The van der Waals surface area contributed by atoms with Crippen molar-refractivity contribution in [2.75, 3.05) is 0 Å². The summed E-state index contributed by atoms with van der Waals surface area (Å²) < 4.78 is 12.9. The fraction of sp³-hybridized carbons (Fsp3) is 0.368. The molecular formula is C19H23F. The summed E-state index contributed by atoms with van der Waals surface area (Å²) in [7, 11) is 0. The first-order valence-electron chi connectivity index (χ1n) is 7.44. The maximum Gasteiger partial charge on any atom is 0.123 e. The van der Waals surface area contributed by atoms with Gasteiger partial charge in [-0.25, -0.2) is 4.39 Å². The van der Waals surface area contributed by atoms with Crippen LogP contribution in [0.5, 0.6) is 0 Å². The average molecular weight is 270 g/mol. The van der Waals surface area contributed by atoms with Gasteiger partial charge in [-0.05, 0) is 53.5 Å². The molecule has 0 nitrogen and oxygen atoms in total. The maximum absolute atomic E-state index is 12.9. The Morgan fingerprint density at radius 3 is 1.70 bits per heavy atom. The zero-order valence-corrected chi connectivity index (χ0v) is 12.6. The average Bonchev–Trinajstić information content (AvgIpc) is 2.48. The van der Waals surface area contributed by atoms with Crippen molar-refractivity contribution in [2.24, 2.45) is 0 Å². The molecule has 2 atom stereocenters. The molecule has 106 valence electrons. The van der Waals surface area contributed by atoms with Gasteiger partial charge in [-0.15, -0.1) is 0 Å². The highest BCUT2D eigenvalue weighted by Crippen LogP contribution is 2.29. The molecule has 0 heterocycles. The lowest BCUT2D eigenvalue weighted by molar-refractivity contribution is 0.588. The predicted octanol–water partition coefficient (Wildman–Crippen LogP) is 5.69. The summed E-state index contributed by atoms with van der Waals surface area (Å²) in [5, 5.41) is 0. The number of rotatable bonds is 5. The van der Waals surface area contributed by atoms with Gasteiger partial charge in [0.25, 0.3) is 0 Å². The highest BCUT2D eigenvalue weighted by atomic mass is 19.1. The van der Waals surface area contributed by atoms with Crippen molar-refractivity contribution < 1.29 is 4.39 Å². The van der Waals surface area contributed by atoms with Crippen molar-refractivity contribution in [3.63, 3.8) is 0 Å². The minimum atomic E-state index is -0.163. The first-order valence-corrected chi connectivity index (χ1v) is 7.44. The Labute approximate surface area is 121 Å². The summed E-state index contributed by atoms with van der Waals surface area (Å²) in [6, 6.07) is 15.8. The van der Waals surface area contributed by atoms with Crippen LogP contribution in [0.2, 0.25) is 0 Å². The Balaban J connectivity index is 2.02. The van der Waals surface area contributed by atoms with Gasteiger partial charge in [-0.1, -0.05) is 57.2 Å². The highest BCUT2D eigenvalue weighted by molar-refractivity contribution is 5.26. The van der Waals surface area contributed by atoms with Crippen LogP contribution in [0.1, 0.15) is 55.7 Å². The van der Waals surface area contributed by atoms with E-state index in [0.717, 1.165) is 12.8 Å². The topological polar surface area (TPSA) is 0 Å². The van der Waals surface area contributed by atoms with Gasteiger partial charge >= 0.3 is 0 Å². The van der Waals surface area contributed by atoms with Gasteiger partial charge in [0.2, 0.25) is 0 Å². The monoisotopic (exact) mass is 270 g/mol. The van der Waals surface area contributed by atoms with Crippen LogP contribution in [0.3, 0.4) is 0 Å². The molecule has 20 heavy (non-hydrogen) atoms. The van der Waals surface area contributed by atoms with Gasteiger partial charge in [-0.3, -0.25) is 0 Å². The van der Waals surface area contributed by atoms with Gasteiger partial charge in [0.15, 0.2) is 0 Å². The summed E-state index contributed by atoms with van der Waals surface area (Å²) in [6.45, 7) is 6.65. The molecule has 0 radical (unpaired) electrons. The van der Waals surface area contributed by atoms with E-state index in [0.29, 0.717) is 11.8 Å². The lowest BCUT2D eigenvalue weighted by Crippen LogP contribution is -2.01. The third-order valence-corrected chi connectivity index (χ3v) is 4.10. The molecule has 0 spiro atoms. The predicted molar refractivity (Wildman–Crippen MR) is 83.7 cm³/mol. The first-order chi connectivity index (χ1) is 9.60. The second-order valence-electron chi connectivity index (χ2n) is 5.68. The molecule has 0 aliphatic heterocycles. The van der Waals surface area contributed by atoms with E-state index in [-0.39, 0.29) is 5.82 Å². The Hall–Kier alpha value is -1.63. The summed E-state index contributed by atoms with van der Waals surface area (Å²) >= 11 is 0. The molecule has 0 aliphatic carbocycles. The number of halogens is 1. The van der Waals surface area contributed by atoms with Gasteiger partial charge in [0.1, 0.15) is 5.82 Å². The number of benzene rings is 2. The second-order valence-corrected chi connectivity index (χ2v) is 5.68. The first kappa shape index (κ1) is 14.8. The molecule has 1 heteroatoms. The largest absolute Gasteiger partial charge is 0.207 e. The van der Waals surface area contributed by atoms with Crippen LogP contribution >= 0.6 is 0 Å². The molecule has 0 aliphatic rings. The van der Waals surface area contributed by atoms with Crippen LogP contribution in [-0.2, 0) is 6.42 Å². The van der Waals surface area contributed by atoms with Crippen molar-refractivity contribution in [2.45, 2.75) is 45.4 Å². The van der Waals surface area contributed by atoms with Gasteiger partial charge in [-0.2, -0.15) is 0 Å². The minimum absolute atomic E-state index is 0.163. The van der Waals surface area contributed by atoms with Crippen LogP contribution in [0, 0.1) is 5.82 Å². The molecule has 2 aromatic carbocycles. The number of aryl methyl sites for hydroxylation is 1. The zero-order valence-electron chi connectivity index (χ0n) is 12.6. The van der Waals surface area contributed by atoms with E-state index in [1.165, 1.54) is 16.7 Å². The lowest BCUT2D eigenvalue weighted by Gasteiger charge is -2.18. The fourth-order valence-electron chi connectivity index (χ4n) is 2.68. The fourth-order valence-corrected chi connectivity index (χ4v) is 2.68. The van der Waals surface area contributed by atoms with E-state index < -0.39 is 0 Å². The summed E-state index contributed by atoms with van der Waals surface area (Å²) in [5.74, 6) is 0.793. The van der Waals surface area contributed by atoms with E-state index in [1.54, 1.807) is 12.1 Å². The summed E-state index contributed by atoms with van der Waals surface area (Å²) in [6.07, 6.45) is 2.16. The third kappa shape index (κ3) is 3.69. The highest BCUT2D eigenvalue weighted by Gasteiger charge is 2.12. The Morgan fingerprint density at radius 1 is 0.800 bits per heavy atom. The van der Waals surface area contributed by atoms with Crippen molar-refractivity contribution >= 4 is 0 Å². The van der Waals surface area contributed by atoms with Gasteiger partial charge < -0.3 is 0 Å².